The SMILES string of the molecule is CC(OC1CCCCC1N)C(=O)O. The average Bonchev–Trinajstić information content (AvgIpc) is 2.08. The van der Waals surface area contributed by atoms with Crippen LogP contribution in [0.5, 0.6) is 0 Å². The Morgan fingerprint density at radius 3 is 2.69 bits per heavy atom. The van der Waals surface area contributed by atoms with Gasteiger partial charge in [0.05, 0.1) is 6.10 Å². The summed E-state index contributed by atoms with van der Waals surface area (Å²) < 4.78 is 5.34. The van der Waals surface area contributed by atoms with E-state index in [0.29, 0.717) is 0 Å². The number of aliphatic carboxylic acids is 1. The molecule has 0 aromatic rings. The summed E-state index contributed by atoms with van der Waals surface area (Å²) in [5.41, 5.74) is 5.81. The third kappa shape index (κ3) is 2.97. The first-order valence-electron chi connectivity index (χ1n) is 4.75. The van der Waals surface area contributed by atoms with Crippen LogP contribution in [0.25, 0.3) is 0 Å². The number of hydrogen-bond acceptors (Lipinski definition) is 3. The molecule has 0 amide bonds. The lowest BCUT2D eigenvalue weighted by Gasteiger charge is -2.29. The number of hydrogen-bond donors (Lipinski definition) is 2. The summed E-state index contributed by atoms with van der Waals surface area (Å²) in [5, 5.41) is 8.63. The van der Waals surface area contributed by atoms with Crippen LogP contribution >= 0.6 is 0 Å². The van der Waals surface area contributed by atoms with Crippen LogP contribution in [0, 0.1) is 0 Å². The minimum atomic E-state index is -0.919. The van der Waals surface area contributed by atoms with Gasteiger partial charge in [0.25, 0.3) is 0 Å². The van der Waals surface area contributed by atoms with E-state index >= 15 is 0 Å². The zero-order chi connectivity index (χ0) is 9.84. The summed E-state index contributed by atoms with van der Waals surface area (Å²) in [7, 11) is 0. The summed E-state index contributed by atoms with van der Waals surface area (Å²) in [6.07, 6.45) is 3.23. The highest BCUT2D eigenvalue weighted by molar-refractivity contribution is 5.71. The van der Waals surface area contributed by atoms with Gasteiger partial charge in [0.2, 0.25) is 0 Å². The lowest BCUT2D eigenvalue weighted by molar-refractivity contribution is -0.154. The fourth-order valence-corrected chi connectivity index (χ4v) is 1.61. The molecule has 0 aromatic carbocycles. The molecule has 13 heavy (non-hydrogen) atoms. The molecule has 3 unspecified atom stereocenters. The van der Waals surface area contributed by atoms with E-state index in [-0.39, 0.29) is 12.1 Å². The summed E-state index contributed by atoms with van der Waals surface area (Å²) in [4.78, 5) is 10.5. The van der Waals surface area contributed by atoms with Crippen LogP contribution in [0.2, 0.25) is 0 Å². The molecule has 1 fully saturated rings. The maximum Gasteiger partial charge on any atom is 0.332 e. The molecule has 0 bridgehead atoms. The van der Waals surface area contributed by atoms with Gasteiger partial charge in [-0.2, -0.15) is 0 Å². The second kappa shape index (κ2) is 4.58. The molecule has 1 saturated carbocycles. The van der Waals surface area contributed by atoms with Crippen molar-refractivity contribution in [3.8, 4) is 0 Å². The van der Waals surface area contributed by atoms with E-state index in [1.807, 2.05) is 0 Å². The number of nitrogens with two attached hydrogens (primary N) is 1. The minimum Gasteiger partial charge on any atom is -0.479 e. The van der Waals surface area contributed by atoms with Crippen molar-refractivity contribution in [1.82, 2.24) is 0 Å². The van der Waals surface area contributed by atoms with Crippen LogP contribution in [0.15, 0.2) is 0 Å². The predicted octanol–water partition coefficient (Wildman–Crippen LogP) is 0.746. The molecule has 4 nitrogen and oxygen atoms in total. The van der Waals surface area contributed by atoms with Crippen LogP contribution in [0.1, 0.15) is 32.6 Å². The topological polar surface area (TPSA) is 72.5 Å². The molecule has 0 radical (unpaired) electrons. The minimum absolute atomic E-state index is 0.00977. The predicted molar refractivity (Wildman–Crippen MR) is 48.4 cm³/mol. The Labute approximate surface area is 78.1 Å². The fourth-order valence-electron chi connectivity index (χ4n) is 1.61. The molecule has 3 N–H and O–H groups in total. The van der Waals surface area contributed by atoms with E-state index in [9.17, 15) is 4.79 Å². The van der Waals surface area contributed by atoms with Gasteiger partial charge in [-0.25, -0.2) is 4.79 Å². The van der Waals surface area contributed by atoms with Crippen LogP contribution in [0.3, 0.4) is 0 Å². The van der Waals surface area contributed by atoms with Gasteiger partial charge < -0.3 is 15.6 Å². The van der Waals surface area contributed by atoms with Crippen LogP contribution in [-0.4, -0.2) is 29.3 Å². The van der Waals surface area contributed by atoms with Crippen molar-refractivity contribution in [3.63, 3.8) is 0 Å². The summed E-state index contributed by atoms with van der Waals surface area (Å²) in [6.45, 7) is 1.55. The summed E-state index contributed by atoms with van der Waals surface area (Å²) in [5.74, 6) is -0.919. The highest BCUT2D eigenvalue weighted by Crippen LogP contribution is 2.20. The highest BCUT2D eigenvalue weighted by Gasteiger charge is 2.26. The van der Waals surface area contributed by atoms with E-state index in [4.69, 9.17) is 15.6 Å². The van der Waals surface area contributed by atoms with Gasteiger partial charge in [0, 0.05) is 6.04 Å². The Morgan fingerprint density at radius 2 is 2.15 bits per heavy atom. The molecule has 0 heterocycles. The monoisotopic (exact) mass is 187 g/mol. The number of rotatable bonds is 3. The van der Waals surface area contributed by atoms with Crippen LogP contribution < -0.4 is 5.73 Å². The second-order valence-electron chi connectivity index (χ2n) is 3.60. The smallest absolute Gasteiger partial charge is 0.332 e. The number of ether oxygens (including phenoxy) is 1. The standard InChI is InChI=1S/C9H17NO3/c1-6(9(11)12)13-8-5-3-2-4-7(8)10/h6-8H,2-5,10H2,1H3,(H,11,12). The third-order valence-corrected chi connectivity index (χ3v) is 2.48. The molecular weight excluding hydrogens is 170 g/mol. The first-order valence-corrected chi connectivity index (χ1v) is 4.75. The third-order valence-electron chi connectivity index (χ3n) is 2.48. The Hall–Kier alpha value is -0.610. The highest BCUT2D eigenvalue weighted by atomic mass is 16.5. The molecule has 76 valence electrons. The molecule has 1 aliphatic rings. The Kier molecular flexibility index (Phi) is 3.69. The molecule has 0 spiro atoms. The molecular formula is C9H17NO3. The van der Waals surface area contributed by atoms with Gasteiger partial charge in [-0.1, -0.05) is 12.8 Å². The summed E-state index contributed by atoms with van der Waals surface area (Å²) >= 11 is 0. The van der Waals surface area contributed by atoms with Crippen molar-refractivity contribution in [1.29, 1.82) is 0 Å². The normalized spacial score (nSPS) is 31.2. The first-order chi connectivity index (χ1) is 6.11. The number of carboxylic acids is 1. The van der Waals surface area contributed by atoms with E-state index in [2.05, 4.69) is 0 Å². The maximum atomic E-state index is 10.5. The molecule has 1 rings (SSSR count). The van der Waals surface area contributed by atoms with Crippen molar-refractivity contribution < 1.29 is 14.6 Å². The van der Waals surface area contributed by atoms with Crippen LogP contribution in [0.4, 0.5) is 0 Å². The van der Waals surface area contributed by atoms with Gasteiger partial charge in [-0.05, 0) is 19.8 Å². The van der Waals surface area contributed by atoms with Crippen molar-refractivity contribution in [3.05, 3.63) is 0 Å². The molecule has 4 heteroatoms. The van der Waals surface area contributed by atoms with Gasteiger partial charge >= 0.3 is 5.97 Å². The van der Waals surface area contributed by atoms with Gasteiger partial charge in [-0.3, -0.25) is 0 Å². The van der Waals surface area contributed by atoms with E-state index < -0.39 is 12.1 Å². The fraction of sp³-hybridized carbons (Fsp3) is 0.889. The van der Waals surface area contributed by atoms with Gasteiger partial charge in [-0.15, -0.1) is 0 Å². The largest absolute Gasteiger partial charge is 0.479 e. The molecule has 0 aromatic heterocycles. The second-order valence-corrected chi connectivity index (χ2v) is 3.60. The number of carboxylic acid groups (broad SMARTS) is 1. The molecule has 0 saturated heterocycles. The first kappa shape index (κ1) is 10.5. The Bertz CT molecular complexity index is 184. The van der Waals surface area contributed by atoms with E-state index in [1.54, 1.807) is 6.92 Å². The van der Waals surface area contributed by atoms with Crippen molar-refractivity contribution in [2.24, 2.45) is 5.73 Å². The lowest BCUT2D eigenvalue weighted by atomic mass is 9.93. The molecule has 0 aliphatic heterocycles. The van der Waals surface area contributed by atoms with Crippen molar-refractivity contribution >= 4 is 5.97 Å². The van der Waals surface area contributed by atoms with Crippen molar-refractivity contribution in [2.75, 3.05) is 0 Å². The quantitative estimate of drug-likeness (QED) is 0.683. The van der Waals surface area contributed by atoms with E-state index in [0.717, 1.165) is 25.7 Å². The summed E-state index contributed by atoms with van der Waals surface area (Å²) in [6, 6.07) is 0.00977. The van der Waals surface area contributed by atoms with E-state index in [1.165, 1.54) is 0 Å². The molecule has 3 atom stereocenters. The average molecular weight is 187 g/mol. The Morgan fingerprint density at radius 1 is 1.54 bits per heavy atom. The van der Waals surface area contributed by atoms with Gasteiger partial charge in [0.1, 0.15) is 0 Å². The lowest BCUT2D eigenvalue weighted by Crippen LogP contribution is -2.42. The maximum absolute atomic E-state index is 10.5. The molecule has 1 aliphatic carbocycles. The zero-order valence-electron chi connectivity index (χ0n) is 7.90. The Balaban J connectivity index is 2.37. The number of carbonyl (C=O) groups is 1. The van der Waals surface area contributed by atoms with Gasteiger partial charge in [0.15, 0.2) is 6.10 Å². The van der Waals surface area contributed by atoms with Crippen LogP contribution in [-0.2, 0) is 9.53 Å². The van der Waals surface area contributed by atoms with Crippen molar-refractivity contribution in [2.45, 2.75) is 50.9 Å². The zero-order valence-corrected chi connectivity index (χ0v) is 7.90.